The van der Waals surface area contributed by atoms with E-state index in [-0.39, 0.29) is 5.41 Å². The zero-order valence-electron chi connectivity index (χ0n) is 17.1. The Bertz CT molecular complexity index is 1360. The molecule has 5 heteroatoms. The Morgan fingerprint density at radius 2 is 1.37 bits per heavy atom. The lowest BCUT2D eigenvalue weighted by molar-refractivity contribution is 0.590. The third-order valence-corrected chi connectivity index (χ3v) is 5.52. The molecule has 0 aliphatic heterocycles. The Labute approximate surface area is 180 Å². The lowest BCUT2D eigenvalue weighted by atomic mass is 9.87. The number of aromatic nitrogens is 4. The van der Waals surface area contributed by atoms with E-state index in [0.717, 1.165) is 33.8 Å². The van der Waals surface area contributed by atoms with Crippen LogP contribution >= 0.6 is 11.6 Å². The van der Waals surface area contributed by atoms with E-state index in [2.05, 4.69) is 49.6 Å². The summed E-state index contributed by atoms with van der Waals surface area (Å²) in [6.07, 6.45) is 0. The van der Waals surface area contributed by atoms with Gasteiger partial charge in [0.2, 0.25) is 0 Å². The summed E-state index contributed by atoms with van der Waals surface area (Å²) in [4.78, 5) is 14.5. The predicted octanol–water partition coefficient (Wildman–Crippen LogP) is 6.59. The van der Waals surface area contributed by atoms with E-state index in [1.807, 2.05) is 48.5 Å². The van der Waals surface area contributed by atoms with Crippen LogP contribution < -0.4 is 0 Å². The van der Waals surface area contributed by atoms with E-state index in [1.54, 1.807) is 0 Å². The van der Waals surface area contributed by atoms with Crippen LogP contribution in [-0.4, -0.2) is 19.5 Å². The lowest BCUT2D eigenvalue weighted by Crippen LogP contribution is -2.10. The zero-order chi connectivity index (χ0) is 20.9. The molecule has 0 spiro atoms. The molecule has 4 nitrogen and oxygen atoms in total. The van der Waals surface area contributed by atoms with Crippen molar-refractivity contribution >= 4 is 33.9 Å². The van der Waals surface area contributed by atoms with Crippen LogP contribution in [0.2, 0.25) is 5.02 Å². The minimum atomic E-state index is 0.0929. The summed E-state index contributed by atoms with van der Waals surface area (Å²) < 4.78 is 2.05. The van der Waals surface area contributed by atoms with E-state index in [9.17, 15) is 0 Å². The van der Waals surface area contributed by atoms with Crippen molar-refractivity contribution in [3.63, 3.8) is 0 Å². The number of hydrogen-bond acceptors (Lipinski definition) is 3. The molecule has 0 amide bonds. The molecule has 2 aromatic heterocycles. The summed E-state index contributed by atoms with van der Waals surface area (Å²) in [5.74, 6) is 0.808. The fourth-order valence-electron chi connectivity index (χ4n) is 3.60. The highest BCUT2D eigenvalue weighted by Crippen LogP contribution is 2.30. The number of halogens is 1. The molecule has 0 N–H and O–H groups in total. The number of para-hydroxylation sites is 2. The van der Waals surface area contributed by atoms with Gasteiger partial charge >= 0.3 is 0 Å². The van der Waals surface area contributed by atoms with Crippen molar-refractivity contribution in [3.05, 3.63) is 83.4 Å². The number of benzene rings is 3. The molecular weight excluding hydrogens is 392 g/mol. The minimum Gasteiger partial charge on any atom is -0.275 e. The van der Waals surface area contributed by atoms with Crippen LogP contribution in [0.25, 0.3) is 39.4 Å². The molecule has 3 aromatic carbocycles. The van der Waals surface area contributed by atoms with Crippen LogP contribution in [0.5, 0.6) is 0 Å². The molecule has 0 bridgehead atoms. The Balaban J connectivity index is 1.78. The summed E-state index contributed by atoms with van der Waals surface area (Å²) in [6.45, 7) is 6.64. The highest BCUT2D eigenvalue weighted by molar-refractivity contribution is 6.30. The SMILES string of the molecule is CC(C)(C)c1ccc(-c2nc3nc4ccccc4nc3n2-c2ccc(Cl)cc2)cc1. The molecule has 2 heterocycles. The van der Waals surface area contributed by atoms with Crippen molar-refractivity contribution in [3.8, 4) is 17.1 Å². The summed E-state index contributed by atoms with van der Waals surface area (Å²) in [7, 11) is 0. The maximum absolute atomic E-state index is 6.13. The van der Waals surface area contributed by atoms with E-state index in [0.29, 0.717) is 10.7 Å². The van der Waals surface area contributed by atoms with Crippen LogP contribution in [0, 0.1) is 0 Å². The van der Waals surface area contributed by atoms with Gasteiger partial charge in [0.15, 0.2) is 11.3 Å². The van der Waals surface area contributed by atoms with E-state index >= 15 is 0 Å². The van der Waals surface area contributed by atoms with Gasteiger partial charge in [-0.15, -0.1) is 0 Å². The first-order chi connectivity index (χ1) is 14.4. The van der Waals surface area contributed by atoms with E-state index in [1.165, 1.54) is 5.56 Å². The molecule has 0 aliphatic rings. The van der Waals surface area contributed by atoms with Gasteiger partial charge in [-0.25, -0.2) is 15.0 Å². The van der Waals surface area contributed by atoms with Gasteiger partial charge in [-0.2, -0.15) is 0 Å². The third kappa shape index (κ3) is 3.23. The molecular formula is C25H21ClN4. The van der Waals surface area contributed by atoms with Gasteiger partial charge in [-0.05, 0) is 47.4 Å². The maximum atomic E-state index is 6.13. The van der Waals surface area contributed by atoms with Gasteiger partial charge < -0.3 is 0 Å². The molecule has 5 aromatic rings. The normalized spacial score (nSPS) is 12.0. The standard InChI is InChI=1S/C25H21ClN4/c1-25(2,3)17-10-8-16(9-11-17)23-29-22-24(28-21-7-5-4-6-20(21)27-22)30(23)19-14-12-18(26)13-15-19/h4-15H,1-3H3. The fourth-order valence-corrected chi connectivity index (χ4v) is 3.73. The number of hydrogen-bond donors (Lipinski definition) is 0. The first-order valence-corrected chi connectivity index (χ1v) is 10.3. The molecule has 0 fully saturated rings. The van der Waals surface area contributed by atoms with Gasteiger partial charge in [0.05, 0.1) is 11.0 Å². The summed E-state index contributed by atoms with van der Waals surface area (Å²) >= 11 is 6.13. The second-order valence-corrected chi connectivity index (χ2v) is 8.87. The zero-order valence-corrected chi connectivity index (χ0v) is 17.9. The molecule has 0 saturated carbocycles. The monoisotopic (exact) mass is 412 g/mol. The van der Waals surface area contributed by atoms with Crippen LogP contribution in [0.4, 0.5) is 0 Å². The van der Waals surface area contributed by atoms with E-state index < -0.39 is 0 Å². The van der Waals surface area contributed by atoms with Gasteiger partial charge in [0.25, 0.3) is 0 Å². The topological polar surface area (TPSA) is 43.6 Å². The molecule has 0 unspecified atom stereocenters. The van der Waals surface area contributed by atoms with E-state index in [4.69, 9.17) is 26.6 Å². The minimum absolute atomic E-state index is 0.0929. The van der Waals surface area contributed by atoms with Crippen LogP contribution in [0.3, 0.4) is 0 Å². The molecule has 5 rings (SSSR count). The molecule has 0 atom stereocenters. The van der Waals surface area contributed by atoms with Gasteiger partial charge in [-0.1, -0.05) is 68.8 Å². The smallest absolute Gasteiger partial charge is 0.199 e. The van der Waals surface area contributed by atoms with Crippen LogP contribution in [-0.2, 0) is 5.41 Å². The number of rotatable bonds is 2. The fraction of sp³-hybridized carbons (Fsp3) is 0.160. The number of fused-ring (bicyclic) bond motifs is 2. The molecule has 0 saturated heterocycles. The first kappa shape index (κ1) is 18.8. The predicted molar refractivity (Wildman–Crippen MR) is 123 cm³/mol. The highest BCUT2D eigenvalue weighted by Gasteiger charge is 2.19. The quantitative estimate of drug-likeness (QED) is 0.328. The lowest BCUT2D eigenvalue weighted by Gasteiger charge is -2.19. The van der Waals surface area contributed by atoms with Gasteiger partial charge in [0.1, 0.15) is 5.82 Å². The first-order valence-electron chi connectivity index (χ1n) is 9.92. The molecule has 0 radical (unpaired) electrons. The van der Waals surface area contributed by atoms with Crippen molar-refractivity contribution < 1.29 is 0 Å². The number of imidazole rings is 1. The Morgan fingerprint density at radius 1 is 0.733 bits per heavy atom. The average molecular weight is 413 g/mol. The van der Waals surface area contributed by atoms with Crippen LogP contribution in [0.1, 0.15) is 26.3 Å². The Hall–Kier alpha value is -3.24. The second kappa shape index (κ2) is 6.92. The van der Waals surface area contributed by atoms with Crippen molar-refractivity contribution in [2.75, 3.05) is 0 Å². The Morgan fingerprint density at radius 3 is 2.00 bits per heavy atom. The number of nitrogens with zero attached hydrogens (tertiary/aromatic N) is 4. The Kier molecular flexibility index (Phi) is 4.33. The van der Waals surface area contributed by atoms with Gasteiger partial charge in [0, 0.05) is 16.3 Å². The summed E-state index contributed by atoms with van der Waals surface area (Å²) in [5, 5.41) is 0.691. The third-order valence-electron chi connectivity index (χ3n) is 5.26. The molecule has 30 heavy (non-hydrogen) atoms. The van der Waals surface area contributed by atoms with Crippen molar-refractivity contribution in [1.29, 1.82) is 0 Å². The second-order valence-electron chi connectivity index (χ2n) is 8.43. The molecule has 0 aliphatic carbocycles. The van der Waals surface area contributed by atoms with Crippen molar-refractivity contribution in [2.24, 2.45) is 0 Å². The largest absolute Gasteiger partial charge is 0.275 e. The highest BCUT2D eigenvalue weighted by atomic mass is 35.5. The molecule has 148 valence electrons. The van der Waals surface area contributed by atoms with Crippen molar-refractivity contribution in [1.82, 2.24) is 19.5 Å². The summed E-state index contributed by atoms with van der Waals surface area (Å²) in [5.41, 5.74) is 6.36. The summed E-state index contributed by atoms with van der Waals surface area (Å²) in [6, 6.07) is 24.1. The van der Waals surface area contributed by atoms with Gasteiger partial charge in [-0.3, -0.25) is 4.57 Å². The van der Waals surface area contributed by atoms with Crippen molar-refractivity contribution in [2.45, 2.75) is 26.2 Å². The maximum Gasteiger partial charge on any atom is 0.199 e. The van der Waals surface area contributed by atoms with Crippen LogP contribution in [0.15, 0.2) is 72.8 Å². The average Bonchev–Trinajstić information content (AvgIpc) is 3.10.